The lowest BCUT2D eigenvalue weighted by molar-refractivity contribution is 0.266. The smallest absolute Gasteiger partial charge is 0.0764 e. The average Bonchev–Trinajstić information content (AvgIpc) is 2.75. The summed E-state index contributed by atoms with van der Waals surface area (Å²) in [5.74, 6) is 0. The first kappa shape index (κ1) is 13.7. The molecule has 1 aromatic rings. The van der Waals surface area contributed by atoms with Gasteiger partial charge in [-0.3, -0.25) is 9.58 Å². The normalized spacial score (nSPS) is 15.4. The molecule has 0 bridgehead atoms. The predicted octanol–water partition coefficient (Wildman–Crippen LogP) is 3.07. The summed E-state index contributed by atoms with van der Waals surface area (Å²) < 4.78 is 2.06. The molecule has 4 heteroatoms. The van der Waals surface area contributed by atoms with E-state index in [0.29, 0.717) is 12.1 Å². The van der Waals surface area contributed by atoms with Gasteiger partial charge in [0.05, 0.1) is 5.69 Å². The molecule has 0 N–H and O–H groups in total. The van der Waals surface area contributed by atoms with Crippen LogP contribution in [0.25, 0.3) is 0 Å². The number of hydrogen-bond donors (Lipinski definition) is 0. The van der Waals surface area contributed by atoms with Crippen LogP contribution in [-0.4, -0.2) is 33.1 Å². The molecule has 1 aromatic heterocycles. The number of rotatable bonds is 6. The summed E-state index contributed by atoms with van der Waals surface area (Å²) in [6.07, 6.45) is 3.20. The molecule has 0 radical (unpaired) electrons. The van der Waals surface area contributed by atoms with Crippen molar-refractivity contribution in [2.75, 3.05) is 12.4 Å². The van der Waals surface area contributed by atoms with Crippen LogP contribution in [0.4, 0.5) is 0 Å². The van der Waals surface area contributed by atoms with Crippen LogP contribution in [0.5, 0.6) is 0 Å². The van der Waals surface area contributed by atoms with Crippen molar-refractivity contribution >= 4 is 15.9 Å². The Balaban J connectivity index is 2.58. The van der Waals surface area contributed by atoms with Gasteiger partial charge in [0, 0.05) is 30.2 Å². The van der Waals surface area contributed by atoms with Crippen molar-refractivity contribution in [2.24, 2.45) is 0 Å². The molecule has 1 rings (SSSR count). The van der Waals surface area contributed by atoms with E-state index in [4.69, 9.17) is 0 Å². The Kier molecular flexibility index (Phi) is 5.49. The van der Waals surface area contributed by atoms with E-state index < -0.39 is 0 Å². The quantitative estimate of drug-likeness (QED) is 0.750. The van der Waals surface area contributed by atoms with Gasteiger partial charge in [0.15, 0.2) is 0 Å². The highest BCUT2D eigenvalue weighted by Gasteiger charge is 2.10. The van der Waals surface area contributed by atoms with Gasteiger partial charge in [-0.05, 0) is 33.4 Å². The van der Waals surface area contributed by atoms with Gasteiger partial charge in [-0.2, -0.15) is 5.10 Å². The fourth-order valence-corrected chi connectivity index (χ4v) is 1.92. The molecule has 92 valence electrons. The minimum Gasteiger partial charge on any atom is -0.297 e. The molecule has 0 aliphatic carbocycles. The molecular formula is C12H22BrN3. The van der Waals surface area contributed by atoms with E-state index in [0.717, 1.165) is 24.0 Å². The largest absolute Gasteiger partial charge is 0.297 e. The Morgan fingerprint density at radius 3 is 2.75 bits per heavy atom. The summed E-state index contributed by atoms with van der Waals surface area (Å²) in [6, 6.07) is 3.14. The summed E-state index contributed by atoms with van der Waals surface area (Å²) in [5.41, 5.74) is 1.15. The van der Waals surface area contributed by atoms with Crippen LogP contribution in [0.3, 0.4) is 0 Å². The minimum atomic E-state index is 0.493. The second-order valence-corrected chi connectivity index (χ2v) is 5.11. The molecule has 0 saturated carbocycles. The van der Waals surface area contributed by atoms with Gasteiger partial charge in [-0.15, -0.1) is 0 Å². The van der Waals surface area contributed by atoms with E-state index in [-0.39, 0.29) is 0 Å². The molecule has 0 aliphatic heterocycles. The van der Waals surface area contributed by atoms with E-state index in [1.165, 1.54) is 0 Å². The average molecular weight is 288 g/mol. The van der Waals surface area contributed by atoms with Gasteiger partial charge >= 0.3 is 0 Å². The van der Waals surface area contributed by atoms with Crippen molar-refractivity contribution in [3.63, 3.8) is 0 Å². The van der Waals surface area contributed by atoms with Gasteiger partial charge in [-0.25, -0.2) is 0 Å². The predicted molar refractivity (Wildman–Crippen MR) is 72.0 cm³/mol. The van der Waals surface area contributed by atoms with E-state index >= 15 is 0 Å². The van der Waals surface area contributed by atoms with Crippen LogP contribution in [0, 0.1) is 0 Å². The van der Waals surface area contributed by atoms with Gasteiger partial charge in [-0.1, -0.05) is 22.9 Å². The molecule has 0 aliphatic rings. The maximum Gasteiger partial charge on any atom is 0.0764 e. The van der Waals surface area contributed by atoms with E-state index in [1.807, 2.05) is 0 Å². The van der Waals surface area contributed by atoms with Crippen LogP contribution in [-0.2, 0) is 6.54 Å². The van der Waals surface area contributed by atoms with E-state index in [9.17, 15) is 0 Å². The van der Waals surface area contributed by atoms with Crippen LogP contribution >= 0.6 is 15.9 Å². The van der Waals surface area contributed by atoms with Crippen molar-refractivity contribution < 1.29 is 0 Å². The Labute approximate surface area is 107 Å². The second-order valence-electron chi connectivity index (χ2n) is 4.46. The summed E-state index contributed by atoms with van der Waals surface area (Å²) in [6.45, 7) is 7.50. The molecule has 1 heterocycles. The first-order valence-corrected chi connectivity index (χ1v) is 7.00. The highest BCUT2D eigenvalue weighted by atomic mass is 79.9. The first-order chi connectivity index (χ1) is 7.58. The van der Waals surface area contributed by atoms with Crippen LogP contribution in [0.2, 0.25) is 0 Å². The van der Waals surface area contributed by atoms with Crippen molar-refractivity contribution in [3.05, 3.63) is 18.0 Å². The third-order valence-electron chi connectivity index (χ3n) is 3.09. The van der Waals surface area contributed by atoms with Crippen molar-refractivity contribution in [2.45, 2.75) is 45.8 Å². The zero-order valence-electron chi connectivity index (χ0n) is 10.7. The lowest BCUT2D eigenvalue weighted by atomic mass is 10.3. The molecule has 2 atom stereocenters. The van der Waals surface area contributed by atoms with Crippen LogP contribution in [0.15, 0.2) is 12.3 Å². The van der Waals surface area contributed by atoms with Crippen LogP contribution < -0.4 is 0 Å². The lowest BCUT2D eigenvalue weighted by Gasteiger charge is -2.21. The number of aromatic nitrogens is 2. The monoisotopic (exact) mass is 287 g/mol. The summed E-state index contributed by atoms with van der Waals surface area (Å²) >= 11 is 3.50. The highest BCUT2D eigenvalue weighted by Crippen LogP contribution is 2.11. The molecule has 0 spiro atoms. The molecule has 0 fully saturated rings. The van der Waals surface area contributed by atoms with Gasteiger partial charge in [0.1, 0.15) is 0 Å². The molecule has 0 amide bonds. The van der Waals surface area contributed by atoms with Gasteiger partial charge < -0.3 is 0 Å². The number of nitrogens with zero attached hydrogens (tertiary/aromatic N) is 3. The van der Waals surface area contributed by atoms with E-state index in [2.05, 4.69) is 70.7 Å². The molecule has 2 unspecified atom stereocenters. The molecular weight excluding hydrogens is 266 g/mol. The fourth-order valence-electron chi connectivity index (χ4n) is 1.42. The topological polar surface area (TPSA) is 21.1 Å². The standard InChI is InChI=1S/C12H22BrN3/c1-5-10(2)16-7-6-12(14-16)9-15(4)11(3)8-13/h6-7,10-11H,5,8-9H2,1-4H3. The molecule has 0 aromatic carbocycles. The zero-order chi connectivity index (χ0) is 12.1. The zero-order valence-corrected chi connectivity index (χ0v) is 12.2. The van der Waals surface area contributed by atoms with Crippen molar-refractivity contribution in [1.29, 1.82) is 0 Å². The third kappa shape index (κ3) is 3.59. The second kappa shape index (κ2) is 6.40. The number of hydrogen-bond acceptors (Lipinski definition) is 2. The number of halogens is 1. The molecule has 0 saturated heterocycles. The van der Waals surface area contributed by atoms with Crippen LogP contribution in [0.1, 0.15) is 38.9 Å². The summed E-state index contributed by atoms with van der Waals surface area (Å²) in [4.78, 5) is 2.30. The van der Waals surface area contributed by atoms with Crippen molar-refractivity contribution in [1.82, 2.24) is 14.7 Å². The Hall–Kier alpha value is -0.350. The maximum absolute atomic E-state index is 4.60. The molecule has 16 heavy (non-hydrogen) atoms. The van der Waals surface area contributed by atoms with Gasteiger partial charge in [0.2, 0.25) is 0 Å². The summed E-state index contributed by atoms with van der Waals surface area (Å²) in [7, 11) is 2.13. The van der Waals surface area contributed by atoms with Crippen molar-refractivity contribution in [3.8, 4) is 0 Å². The van der Waals surface area contributed by atoms with E-state index in [1.54, 1.807) is 0 Å². The SMILES string of the molecule is CCC(C)n1ccc(CN(C)C(C)CBr)n1. The number of alkyl halides is 1. The Morgan fingerprint density at radius 1 is 1.50 bits per heavy atom. The maximum atomic E-state index is 4.60. The summed E-state index contributed by atoms with van der Waals surface area (Å²) in [5, 5.41) is 5.59. The van der Waals surface area contributed by atoms with Gasteiger partial charge in [0.25, 0.3) is 0 Å². The first-order valence-electron chi connectivity index (χ1n) is 5.88. The Morgan fingerprint density at radius 2 is 2.19 bits per heavy atom. The fraction of sp³-hybridized carbons (Fsp3) is 0.750. The molecule has 3 nitrogen and oxygen atoms in total. The lowest BCUT2D eigenvalue weighted by Crippen LogP contribution is -2.29. The highest BCUT2D eigenvalue weighted by molar-refractivity contribution is 9.09. The Bertz CT molecular complexity index is 311. The minimum absolute atomic E-state index is 0.493. The third-order valence-corrected chi connectivity index (χ3v) is 4.03.